The van der Waals surface area contributed by atoms with Crippen LogP contribution in [0.5, 0.6) is 0 Å². The Labute approximate surface area is 120 Å². The van der Waals surface area contributed by atoms with Crippen molar-refractivity contribution in [3.8, 4) is 0 Å². The van der Waals surface area contributed by atoms with Gasteiger partial charge in [-0.1, -0.05) is 13.8 Å². The summed E-state index contributed by atoms with van der Waals surface area (Å²) in [7, 11) is -3.74. The monoisotopic (exact) mass is 353 g/mol. The van der Waals surface area contributed by atoms with E-state index in [2.05, 4.69) is 15.9 Å². The van der Waals surface area contributed by atoms with Crippen molar-refractivity contribution >= 4 is 31.9 Å². The third-order valence-electron chi connectivity index (χ3n) is 2.43. The van der Waals surface area contributed by atoms with E-state index in [0.717, 1.165) is 6.07 Å². The summed E-state index contributed by atoms with van der Waals surface area (Å²) < 4.78 is 31.0. The Kier molecular flexibility index (Phi) is 5.57. The lowest BCUT2D eigenvalue weighted by molar-refractivity contribution is 0.0661. The van der Waals surface area contributed by atoms with Crippen molar-refractivity contribution < 1.29 is 22.7 Å². The van der Waals surface area contributed by atoms with Crippen LogP contribution in [0.15, 0.2) is 20.0 Å². The van der Waals surface area contributed by atoms with Gasteiger partial charge in [-0.2, -0.15) is 4.31 Å². The summed E-state index contributed by atoms with van der Waals surface area (Å²) in [4.78, 5) is 10.6. The number of hydrogen-bond acceptors (Lipinski definition) is 4. The molecule has 0 amide bonds. The molecule has 0 atom stereocenters. The van der Waals surface area contributed by atoms with Crippen LogP contribution in [0.3, 0.4) is 0 Å². The quantitative estimate of drug-likeness (QED) is 0.813. The van der Waals surface area contributed by atoms with Gasteiger partial charge in [0.2, 0.25) is 15.8 Å². The first-order valence-corrected chi connectivity index (χ1v) is 8.10. The molecular formula is C11H16BrNO5S. The van der Waals surface area contributed by atoms with Gasteiger partial charge in [0.15, 0.2) is 4.67 Å². The summed E-state index contributed by atoms with van der Waals surface area (Å²) in [6.45, 7) is 4.53. The van der Waals surface area contributed by atoms with E-state index in [0.29, 0.717) is 25.9 Å². The smallest absolute Gasteiger partial charge is 0.371 e. The standard InChI is InChI=1S/C11H16BrNO5S/c1-3-5-13(6-4-2)19(16,17)9-7-8(11(14)15)18-10(9)12/h7H,3-6H2,1-2H3,(H,14,15). The van der Waals surface area contributed by atoms with Gasteiger partial charge in [-0.3, -0.25) is 0 Å². The summed E-state index contributed by atoms with van der Waals surface area (Å²) in [5.41, 5.74) is 0. The van der Waals surface area contributed by atoms with Gasteiger partial charge in [0.1, 0.15) is 4.90 Å². The van der Waals surface area contributed by atoms with Gasteiger partial charge in [0, 0.05) is 19.2 Å². The Morgan fingerprint density at radius 3 is 2.26 bits per heavy atom. The van der Waals surface area contributed by atoms with Crippen molar-refractivity contribution in [2.45, 2.75) is 31.6 Å². The average molecular weight is 354 g/mol. The van der Waals surface area contributed by atoms with Crippen molar-refractivity contribution in [2.75, 3.05) is 13.1 Å². The van der Waals surface area contributed by atoms with Crippen molar-refractivity contribution in [3.05, 3.63) is 16.5 Å². The van der Waals surface area contributed by atoms with Gasteiger partial charge < -0.3 is 9.52 Å². The summed E-state index contributed by atoms with van der Waals surface area (Å²) in [6, 6.07) is 1.03. The van der Waals surface area contributed by atoms with E-state index >= 15 is 0 Å². The molecule has 0 aromatic carbocycles. The molecule has 0 spiro atoms. The summed E-state index contributed by atoms with van der Waals surface area (Å²) >= 11 is 2.96. The molecule has 0 saturated heterocycles. The summed E-state index contributed by atoms with van der Waals surface area (Å²) in [5, 5.41) is 8.81. The number of carboxylic acid groups (broad SMARTS) is 1. The topological polar surface area (TPSA) is 87.8 Å². The van der Waals surface area contributed by atoms with Gasteiger partial charge in [-0.05, 0) is 28.8 Å². The normalized spacial score (nSPS) is 12.0. The molecule has 1 rings (SSSR count). The molecule has 108 valence electrons. The molecule has 0 aliphatic rings. The number of nitrogens with zero attached hydrogens (tertiary/aromatic N) is 1. The van der Waals surface area contributed by atoms with Crippen LogP contribution in [0.4, 0.5) is 0 Å². The van der Waals surface area contributed by atoms with Gasteiger partial charge in [-0.15, -0.1) is 0 Å². The molecule has 0 unspecified atom stereocenters. The lowest BCUT2D eigenvalue weighted by Gasteiger charge is -2.20. The Morgan fingerprint density at radius 1 is 1.37 bits per heavy atom. The van der Waals surface area contributed by atoms with E-state index in [1.807, 2.05) is 13.8 Å². The highest BCUT2D eigenvalue weighted by Crippen LogP contribution is 2.29. The molecule has 1 aromatic heterocycles. The average Bonchev–Trinajstić information content (AvgIpc) is 2.72. The van der Waals surface area contributed by atoms with Gasteiger partial charge in [0.05, 0.1) is 0 Å². The minimum atomic E-state index is -3.74. The summed E-state index contributed by atoms with van der Waals surface area (Å²) in [6.07, 6.45) is 1.36. The Bertz CT molecular complexity index is 545. The molecule has 0 aliphatic heterocycles. The zero-order valence-electron chi connectivity index (χ0n) is 10.7. The predicted molar refractivity (Wildman–Crippen MR) is 72.7 cm³/mol. The fraction of sp³-hybridized carbons (Fsp3) is 0.545. The number of aromatic carboxylic acids is 1. The first kappa shape index (κ1) is 16.2. The summed E-state index contributed by atoms with van der Waals surface area (Å²) in [5.74, 6) is -1.71. The Hall–Kier alpha value is -0.860. The number of halogens is 1. The third-order valence-corrected chi connectivity index (χ3v) is 5.19. The Morgan fingerprint density at radius 2 is 1.89 bits per heavy atom. The highest BCUT2D eigenvalue weighted by atomic mass is 79.9. The van der Waals surface area contributed by atoms with Crippen LogP contribution in [0.25, 0.3) is 0 Å². The van der Waals surface area contributed by atoms with E-state index in [1.54, 1.807) is 0 Å². The fourth-order valence-corrected chi connectivity index (χ4v) is 4.15. The molecule has 0 radical (unpaired) electrons. The van der Waals surface area contributed by atoms with Crippen molar-refractivity contribution in [3.63, 3.8) is 0 Å². The molecular weight excluding hydrogens is 338 g/mol. The molecule has 1 aromatic rings. The zero-order valence-corrected chi connectivity index (χ0v) is 13.1. The second-order valence-corrected chi connectivity index (χ2v) is 6.58. The van der Waals surface area contributed by atoms with Crippen LogP contribution in [-0.4, -0.2) is 36.9 Å². The molecule has 0 aliphatic carbocycles. The first-order valence-electron chi connectivity index (χ1n) is 5.87. The van der Waals surface area contributed by atoms with Crippen LogP contribution < -0.4 is 0 Å². The van der Waals surface area contributed by atoms with Crippen LogP contribution in [0.1, 0.15) is 37.2 Å². The maximum Gasteiger partial charge on any atom is 0.371 e. The van der Waals surface area contributed by atoms with Crippen molar-refractivity contribution in [1.29, 1.82) is 0 Å². The van der Waals surface area contributed by atoms with E-state index < -0.39 is 21.8 Å². The second-order valence-electron chi connectivity index (χ2n) is 3.96. The minimum absolute atomic E-state index is 0.0814. The van der Waals surface area contributed by atoms with E-state index in [4.69, 9.17) is 9.52 Å². The van der Waals surface area contributed by atoms with E-state index in [9.17, 15) is 13.2 Å². The minimum Gasteiger partial charge on any atom is -0.475 e. The highest BCUT2D eigenvalue weighted by Gasteiger charge is 2.29. The first-order chi connectivity index (χ1) is 8.84. The number of carboxylic acids is 1. The molecule has 6 nitrogen and oxygen atoms in total. The van der Waals surface area contributed by atoms with Crippen molar-refractivity contribution in [2.24, 2.45) is 0 Å². The lowest BCUT2D eigenvalue weighted by Crippen LogP contribution is -2.32. The maximum absolute atomic E-state index is 12.4. The van der Waals surface area contributed by atoms with Gasteiger partial charge >= 0.3 is 5.97 Å². The third kappa shape index (κ3) is 3.58. The van der Waals surface area contributed by atoms with E-state index in [1.165, 1.54) is 4.31 Å². The second kappa shape index (κ2) is 6.53. The predicted octanol–water partition coefficient (Wildman–Crippen LogP) is 2.55. The molecule has 0 bridgehead atoms. The lowest BCUT2D eigenvalue weighted by atomic mass is 10.4. The van der Waals surface area contributed by atoms with Crippen molar-refractivity contribution in [1.82, 2.24) is 4.31 Å². The molecule has 0 fully saturated rings. The van der Waals surface area contributed by atoms with Crippen LogP contribution in [-0.2, 0) is 10.0 Å². The van der Waals surface area contributed by atoms with E-state index in [-0.39, 0.29) is 9.56 Å². The van der Waals surface area contributed by atoms with Crippen LogP contribution in [0, 0.1) is 0 Å². The molecule has 1 N–H and O–H groups in total. The maximum atomic E-state index is 12.4. The molecule has 1 heterocycles. The highest BCUT2D eigenvalue weighted by molar-refractivity contribution is 9.10. The SMILES string of the molecule is CCCN(CCC)S(=O)(=O)c1cc(C(=O)O)oc1Br. The van der Waals surface area contributed by atoms with Crippen LogP contribution in [0.2, 0.25) is 0 Å². The largest absolute Gasteiger partial charge is 0.475 e. The molecule has 19 heavy (non-hydrogen) atoms. The number of hydrogen-bond donors (Lipinski definition) is 1. The van der Waals surface area contributed by atoms with Crippen LogP contribution >= 0.6 is 15.9 Å². The number of sulfonamides is 1. The van der Waals surface area contributed by atoms with Gasteiger partial charge in [0.25, 0.3) is 0 Å². The Balaban J connectivity index is 3.20. The fourth-order valence-electron chi connectivity index (χ4n) is 1.62. The molecule has 0 saturated carbocycles. The number of carbonyl (C=O) groups is 1. The zero-order chi connectivity index (χ0) is 14.6. The number of furan rings is 1. The number of rotatable bonds is 7. The van der Waals surface area contributed by atoms with Gasteiger partial charge in [-0.25, -0.2) is 13.2 Å². The molecule has 8 heteroatoms.